The van der Waals surface area contributed by atoms with Crippen LogP contribution in [0.3, 0.4) is 0 Å². The molecular weight excluding hydrogens is 332 g/mol. The fourth-order valence-electron chi connectivity index (χ4n) is 3.99. The molecular formula is C24H22N2O. The fourth-order valence-corrected chi connectivity index (χ4v) is 3.99. The molecule has 1 aromatic heterocycles. The first-order chi connectivity index (χ1) is 13.3. The summed E-state index contributed by atoms with van der Waals surface area (Å²) in [5.74, 6) is 0.224. The number of hydrogen-bond acceptors (Lipinski definition) is 1. The summed E-state index contributed by atoms with van der Waals surface area (Å²) in [6, 6.07) is 23.3. The van der Waals surface area contributed by atoms with Crippen molar-refractivity contribution in [3.05, 3.63) is 84.1 Å². The number of aromatic amines is 1. The first kappa shape index (κ1) is 16.1. The van der Waals surface area contributed by atoms with Gasteiger partial charge in [-0.3, -0.25) is 4.79 Å². The quantitative estimate of drug-likeness (QED) is 0.534. The van der Waals surface area contributed by atoms with Crippen LogP contribution in [-0.2, 0) is 17.8 Å². The van der Waals surface area contributed by atoms with E-state index in [-0.39, 0.29) is 5.91 Å². The number of aromatic nitrogens is 1. The molecule has 1 heterocycles. The Morgan fingerprint density at radius 3 is 2.56 bits per heavy atom. The van der Waals surface area contributed by atoms with Crippen molar-refractivity contribution < 1.29 is 4.79 Å². The van der Waals surface area contributed by atoms with Crippen molar-refractivity contribution >= 4 is 27.6 Å². The van der Waals surface area contributed by atoms with Gasteiger partial charge in [-0.15, -0.1) is 0 Å². The van der Waals surface area contributed by atoms with Gasteiger partial charge in [0.1, 0.15) is 0 Å². The average Bonchev–Trinajstić information content (AvgIpc) is 3.42. The van der Waals surface area contributed by atoms with Crippen LogP contribution in [0, 0.1) is 0 Å². The highest BCUT2D eigenvalue weighted by atomic mass is 16.2. The second-order valence-corrected chi connectivity index (χ2v) is 7.42. The van der Waals surface area contributed by atoms with Gasteiger partial charge in [0, 0.05) is 29.7 Å². The van der Waals surface area contributed by atoms with Gasteiger partial charge in [-0.1, -0.05) is 54.6 Å². The van der Waals surface area contributed by atoms with Crippen LogP contribution in [-0.4, -0.2) is 21.8 Å². The summed E-state index contributed by atoms with van der Waals surface area (Å²) in [6.45, 7) is 0.684. The maximum Gasteiger partial charge on any atom is 0.227 e. The Bertz CT molecular complexity index is 1120. The number of rotatable bonds is 5. The van der Waals surface area contributed by atoms with Crippen LogP contribution in [0.15, 0.2) is 72.9 Å². The minimum atomic E-state index is 0.224. The van der Waals surface area contributed by atoms with Gasteiger partial charge in [-0.05, 0) is 46.9 Å². The van der Waals surface area contributed by atoms with Crippen molar-refractivity contribution in [2.24, 2.45) is 0 Å². The molecule has 0 unspecified atom stereocenters. The van der Waals surface area contributed by atoms with Crippen LogP contribution in [0.5, 0.6) is 0 Å². The Morgan fingerprint density at radius 2 is 1.67 bits per heavy atom. The summed E-state index contributed by atoms with van der Waals surface area (Å²) in [5, 5.41) is 3.58. The number of hydrogen-bond donors (Lipinski definition) is 1. The molecule has 1 aliphatic rings. The Balaban J connectivity index is 1.43. The number of H-pyrrole nitrogens is 1. The van der Waals surface area contributed by atoms with Gasteiger partial charge in [0.2, 0.25) is 5.91 Å². The molecule has 1 N–H and O–H groups in total. The molecule has 1 amide bonds. The van der Waals surface area contributed by atoms with E-state index < -0.39 is 0 Å². The van der Waals surface area contributed by atoms with Crippen LogP contribution in [0.2, 0.25) is 0 Å². The molecule has 0 saturated heterocycles. The number of nitrogens with one attached hydrogen (secondary N) is 1. The summed E-state index contributed by atoms with van der Waals surface area (Å²) < 4.78 is 0. The molecule has 134 valence electrons. The molecule has 1 saturated carbocycles. The van der Waals surface area contributed by atoms with E-state index in [1.165, 1.54) is 21.7 Å². The van der Waals surface area contributed by atoms with Crippen molar-refractivity contribution in [2.75, 3.05) is 0 Å². The SMILES string of the molecule is O=C(Cc1cccc2ccccc12)N(Cc1cccc2[nH]ccc12)C1CC1. The topological polar surface area (TPSA) is 36.1 Å². The monoisotopic (exact) mass is 354 g/mol. The van der Waals surface area contributed by atoms with Gasteiger partial charge >= 0.3 is 0 Å². The van der Waals surface area contributed by atoms with Crippen molar-refractivity contribution in [2.45, 2.75) is 31.8 Å². The molecule has 3 aromatic carbocycles. The van der Waals surface area contributed by atoms with Gasteiger partial charge in [0.05, 0.1) is 6.42 Å². The zero-order chi connectivity index (χ0) is 18.2. The Morgan fingerprint density at radius 1 is 0.889 bits per heavy atom. The van der Waals surface area contributed by atoms with Crippen molar-refractivity contribution in [1.82, 2.24) is 9.88 Å². The lowest BCUT2D eigenvalue weighted by Gasteiger charge is -2.23. The number of nitrogens with zero attached hydrogens (tertiary/aromatic N) is 1. The number of benzene rings is 3. The molecule has 0 atom stereocenters. The zero-order valence-electron chi connectivity index (χ0n) is 15.2. The van der Waals surface area contributed by atoms with E-state index in [2.05, 4.69) is 58.4 Å². The summed E-state index contributed by atoms with van der Waals surface area (Å²) in [6.07, 6.45) is 4.66. The maximum absolute atomic E-state index is 13.2. The largest absolute Gasteiger partial charge is 0.361 e. The van der Waals surface area contributed by atoms with Gasteiger partial charge in [0.15, 0.2) is 0 Å². The normalized spacial score (nSPS) is 13.9. The predicted octanol–water partition coefficient (Wildman–Crippen LogP) is 5.05. The third-order valence-electron chi connectivity index (χ3n) is 5.56. The Labute approximate surface area is 158 Å². The molecule has 1 fully saturated rings. The lowest BCUT2D eigenvalue weighted by Crippen LogP contribution is -2.33. The molecule has 4 aromatic rings. The van der Waals surface area contributed by atoms with E-state index in [1.54, 1.807) is 0 Å². The van der Waals surface area contributed by atoms with Gasteiger partial charge in [-0.2, -0.15) is 0 Å². The third kappa shape index (κ3) is 3.10. The van der Waals surface area contributed by atoms with E-state index in [0.29, 0.717) is 19.0 Å². The standard InChI is InChI=1S/C24H22N2O/c27-24(15-18-7-3-6-17-5-1-2-9-21(17)18)26(20-11-12-20)16-19-8-4-10-23-22(19)13-14-25-23/h1-10,13-14,20,25H,11-12,15-16H2. The smallest absolute Gasteiger partial charge is 0.227 e. The molecule has 1 aliphatic carbocycles. The van der Waals surface area contributed by atoms with Crippen molar-refractivity contribution in [3.63, 3.8) is 0 Å². The van der Waals surface area contributed by atoms with E-state index in [4.69, 9.17) is 0 Å². The van der Waals surface area contributed by atoms with Gasteiger partial charge in [0.25, 0.3) is 0 Å². The summed E-state index contributed by atoms with van der Waals surface area (Å²) in [5.41, 5.74) is 3.46. The van der Waals surface area contributed by atoms with Gasteiger partial charge in [-0.25, -0.2) is 0 Å². The second-order valence-electron chi connectivity index (χ2n) is 7.42. The van der Waals surface area contributed by atoms with Crippen LogP contribution in [0.4, 0.5) is 0 Å². The highest BCUT2D eigenvalue weighted by Crippen LogP contribution is 2.31. The summed E-state index contributed by atoms with van der Waals surface area (Å²) >= 11 is 0. The van der Waals surface area contributed by atoms with Gasteiger partial charge < -0.3 is 9.88 Å². The maximum atomic E-state index is 13.2. The lowest BCUT2D eigenvalue weighted by molar-refractivity contribution is -0.131. The molecule has 0 radical (unpaired) electrons. The Hall–Kier alpha value is -3.07. The first-order valence-electron chi connectivity index (χ1n) is 9.61. The minimum Gasteiger partial charge on any atom is -0.361 e. The van der Waals surface area contributed by atoms with E-state index >= 15 is 0 Å². The van der Waals surface area contributed by atoms with Crippen LogP contribution >= 0.6 is 0 Å². The molecule has 3 heteroatoms. The minimum absolute atomic E-state index is 0.224. The summed E-state index contributed by atoms with van der Waals surface area (Å²) in [4.78, 5) is 18.6. The number of carbonyl (C=O) groups is 1. The zero-order valence-corrected chi connectivity index (χ0v) is 15.2. The predicted molar refractivity (Wildman–Crippen MR) is 110 cm³/mol. The number of amides is 1. The molecule has 0 aliphatic heterocycles. The second kappa shape index (κ2) is 6.58. The highest BCUT2D eigenvalue weighted by molar-refractivity contribution is 5.90. The number of carbonyl (C=O) groups excluding carboxylic acids is 1. The molecule has 0 spiro atoms. The molecule has 27 heavy (non-hydrogen) atoms. The highest BCUT2D eigenvalue weighted by Gasteiger charge is 2.32. The van der Waals surface area contributed by atoms with Crippen molar-refractivity contribution in [3.8, 4) is 0 Å². The molecule has 3 nitrogen and oxygen atoms in total. The lowest BCUT2D eigenvalue weighted by atomic mass is 10.0. The summed E-state index contributed by atoms with van der Waals surface area (Å²) in [7, 11) is 0. The van der Waals surface area contributed by atoms with E-state index in [1.807, 2.05) is 24.4 Å². The first-order valence-corrected chi connectivity index (χ1v) is 9.61. The van der Waals surface area contributed by atoms with Crippen molar-refractivity contribution in [1.29, 1.82) is 0 Å². The molecule has 5 rings (SSSR count). The third-order valence-corrected chi connectivity index (χ3v) is 5.56. The molecule has 0 bridgehead atoms. The number of fused-ring (bicyclic) bond motifs is 2. The van der Waals surface area contributed by atoms with E-state index in [9.17, 15) is 4.79 Å². The average molecular weight is 354 g/mol. The van der Waals surface area contributed by atoms with Crippen LogP contribution < -0.4 is 0 Å². The fraction of sp³-hybridized carbons (Fsp3) is 0.208. The van der Waals surface area contributed by atoms with Crippen LogP contribution in [0.25, 0.3) is 21.7 Å². The Kier molecular flexibility index (Phi) is 3.93. The van der Waals surface area contributed by atoms with Crippen LogP contribution in [0.1, 0.15) is 24.0 Å². The van der Waals surface area contributed by atoms with E-state index in [0.717, 1.165) is 23.9 Å².